The van der Waals surface area contributed by atoms with Crippen LogP contribution in [0.3, 0.4) is 0 Å². The Morgan fingerprint density at radius 2 is 1.59 bits per heavy atom. The lowest BCUT2D eigenvalue weighted by Crippen LogP contribution is -2.24. The summed E-state index contributed by atoms with van der Waals surface area (Å²) in [5.41, 5.74) is 2.73. The van der Waals surface area contributed by atoms with Gasteiger partial charge in [0, 0.05) is 12.1 Å². The number of rotatable bonds is 5. The summed E-state index contributed by atoms with van der Waals surface area (Å²) in [6.45, 7) is 4.46. The third-order valence-corrected chi connectivity index (χ3v) is 3.38. The van der Waals surface area contributed by atoms with Gasteiger partial charge < -0.3 is 10.6 Å². The summed E-state index contributed by atoms with van der Waals surface area (Å²) in [6.07, 6.45) is 0.932. The van der Waals surface area contributed by atoms with E-state index in [0.717, 1.165) is 6.42 Å². The molecule has 0 aliphatic carbocycles. The Balaban J connectivity index is 2.19. The standard InChI is InChI=1S/C18H20N2O2/c1-3-13-9-11-14(12-10-13)17(21)20-16-8-6-5-7-15(16)18(22)19-4-2/h5-12H,3-4H2,1-2H3,(H,19,22)(H,20,21). The molecule has 0 unspecified atom stereocenters. The van der Waals surface area contributed by atoms with Crippen LogP contribution in [0.25, 0.3) is 0 Å². The van der Waals surface area contributed by atoms with E-state index < -0.39 is 0 Å². The fourth-order valence-electron chi connectivity index (χ4n) is 2.13. The molecule has 4 nitrogen and oxygen atoms in total. The number of amides is 2. The summed E-state index contributed by atoms with van der Waals surface area (Å²) in [5.74, 6) is -0.417. The van der Waals surface area contributed by atoms with Gasteiger partial charge in [-0.2, -0.15) is 0 Å². The monoisotopic (exact) mass is 296 g/mol. The topological polar surface area (TPSA) is 58.2 Å². The number of carbonyl (C=O) groups excluding carboxylic acids is 2. The fourth-order valence-corrected chi connectivity index (χ4v) is 2.13. The van der Waals surface area contributed by atoms with Crippen molar-refractivity contribution in [3.05, 3.63) is 65.2 Å². The highest BCUT2D eigenvalue weighted by atomic mass is 16.2. The van der Waals surface area contributed by atoms with E-state index in [1.807, 2.05) is 19.1 Å². The number of hydrogen-bond donors (Lipinski definition) is 2. The van der Waals surface area contributed by atoms with Crippen LogP contribution in [0.4, 0.5) is 5.69 Å². The van der Waals surface area contributed by atoms with E-state index in [0.29, 0.717) is 23.4 Å². The van der Waals surface area contributed by atoms with Crippen LogP contribution in [0, 0.1) is 0 Å². The first-order chi connectivity index (χ1) is 10.7. The zero-order valence-corrected chi connectivity index (χ0v) is 12.8. The van der Waals surface area contributed by atoms with E-state index in [4.69, 9.17) is 0 Å². The van der Waals surface area contributed by atoms with Crippen molar-refractivity contribution in [2.45, 2.75) is 20.3 Å². The Bertz CT molecular complexity index is 663. The molecule has 0 aromatic heterocycles. The quantitative estimate of drug-likeness (QED) is 0.890. The summed E-state index contributed by atoms with van der Waals surface area (Å²) in [5, 5.41) is 5.54. The normalized spacial score (nSPS) is 10.1. The van der Waals surface area contributed by atoms with Crippen LogP contribution < -0.4 is 10.6 Å². The molecule has 0 heterocycles. The molecule has 2 aromatic rings. The Hall–Kier alpha value is -2.62. The first-order valence-electron chi connectivity index (χ1n) is 7.43. The number of benzene rings is 2. The second kappa shape index (κ2) is 7.41. The summed E-state index contributed by atoms with van der Waals surface area (Å²) in [4.78, 5) is 24.3. The van der Waals surface area contributed by atoms with Gasteiger partial charge in [-0.1, -0.05) is 31.2 Å². The van der Waals surface area contributed by atoms with Crippen molar-refractivity contribution in [2.75, 3.05) is 11.9 Å². The van der Waals surface area contributed by atoms with Crippen LogP contribution in [0.2, 0.25) is 0 Å². The molecule has 2 amide bonds. The van der Waals surface area contributed by atoms with Gasteiger partial charge in [0.1, 0.15) is 0 Å². The minimum atomic E-state index is -0.223. The van der Waals surface area contributed by atoms with Crippen molar-refractivity contribution in [3.8, 4) is 0 Å². The lowest BCUT2D eigenvalue weighted by molar-refractivity contribution is 0.0956. The van der Waals surface area contributed by atoms with Gasteiger partial charge in [-0.15, -0.1) is 0 Å². The first kappa shape index (κ1) is 15.8. The SMILES string of the molecule is CCNC(=O)c1ccccc1NC(=O)c1ccc(CC)cc1. The van der Waals surface area contributed by atoms with Gasteiger partial charge >= 0.3 is 0 Å². The molecule has 2 aromatic carbocycles. The largest absolute Gasteiger partial charge is 0.352 e. The van der Waals surface area contributed by atoms with Gasteiger partial charge in [0.05, 0.1) is 11.3 Å². The number of carbonyl (C=O) groups is 2. The highest BCUT2D eigenvalue weighted by Gasteiger charge is 2.13. The highest BCUT2D eigenvalue weighted by Crippen LogP contribution is 2.16. The average Bonchev–Trinajstić information content (AvgIpc) is 2.55. The van der Waals surface area contributed by atoms with Crippen molar-refractivity contribution < 1.29 is 9.59 Å². The van der Waals surface area contributed by atoms with E-state index >= 15 is 0 Å². The molecule has 2 N–H and O–H groups in total. The third kappa shape index (κ3) is 3.73. The summed E-state index contributed by atoms with van der Waals surface area (Å²) in [6, 6.07) is 14.4. The number of nitrogens with one attached hydrogen (secondary N) is 2. The van der Waals surface area contributed by atoms with Gasteiger partial charge in [0.15, 0.2) is 0 Å². The molecule has 0 aliphatic rings. The maximum absolute atomic E-state index is 12.3. The molecule has 0 spiro atoms. The first-order valence-corrected chi connectivity index (χ1v) is 7.43. The zero-order valence-electron chi connectivity index (χ0n) is 12.8. The van der Waals surface area contributed by atoms with Gasteiger partial charge in [-0.25, -0.2) is 0 Å². The molecular weight excluding hydrogens is 276 g/mol. The molecule has 0 bridgehead atoms. The number of anilines is 1. The molecule has 0 saturated carbocycles. The van der Waals surface area contributed by atoms with Crippen LogP contribution in [0.15, 0.2) is 48.5 Å². The second-order valence-corrected chi connectivity index (χ2v) is 4.91. The lowest BCUT2D eigenvalue weighted by atomic mass is 10.1. The summed E-state index contributed by atoms with van der Waals surface area (Å²) < 4.78 is 0. The van der Waals surface area contributed by atoms with Crippen LogP contribution in [0.5, 0.6) is 0 Å². The van der Waals surface area contributed by atoms with Gasteiger partial charge in [-0.05, 0) is 43.2 Å². The minimum Gasteiger partial charge on any atom is -0.352 e. The van der Waals surface area contributed by atoms with Crippen molar-refractivity contribution >= 4 is 17.5 Å². The van der Waals surface area contributed by atoms with Gasteiger partial charge in [0.25, 0.3) is 11.8 Å². The van der Waals surface area contributed by atoms with Crippen LogP contribution >= 0.6 is 0 Å². The van der Waals surface area contributed by atoms with Gasteiger partial charge in [-0.3, -0.25) is 9.59 Å². The van der Waals surface area contributed by atoms with Crippen molar-refractivity contribution in [1.82, 2.24) is 5.32 Å². The molecule has 2 rings (SSSR count). The Labute approximate surface area is 130 Å². The van der Waals surface area contributed by atoms with E-state index in [1.165, 1.54) is 5.56 Å². The van der Waals surface area contributed by atoms with E-state index in [1.54, 1.807) is 36.4 Å². The van der Waals surface area contributed by atoms with E-state index in [9.17, 15) is 9.59 Å². The highest BCUT2D eigenvalue weighted by molar-refractivity contribution is 6.08. The van der Waals surface area contributed by atoms with Crippen LogP contribution in [-0.2, 0) is 6.42 Å². The molecule has 0 saturated heterocycles. The smallest absolute Gasteiger partial charge is 0.255 e. The summed E-state index contributed by atoms with van der Waals surface area (Å²) in [7, 11) is 0. The third-order valence-electron chi connectivity index (χ3n) is 3.38. The zero-order chi connectivity index (χ0) is 15.9. The van der Waals surface area contributed by atoms with Crippen LogP contribution in [-0.4, -0.2) is 18.4 Å². The predicted octanol–water partition coefficient (Wildman–Crippen LogP) is 3.25. The average molecular weight is 296 g/mol. The Morgan fingerprint density at radius 1 is 0.909 bits per heavy atom. The van der Waals surface area contributed by atoms with Crippen molar-refractivity contribution in [3.63, 3.8) is 0 Å². The van der Waals surface area contributed by atoms with Crippen molar-refractivity contribution in [2.24, 2.45) is 0 Å². The molecule has 0 aliphatic heterocycles. The van der Waals surface area contributed by atoms with E-state index in [-0.39, 0.29) is 11.8 Å². The number of aryl methyl sites for hydroxylation is 1. The second-order valence-electron chi connectivity index (χ2n) is 4.91. The molecule has 22 heavy (non-hydrogen) atoms. The molecule has 0 radical (unpaired) electrons. The Morgan fingerprint density at radius 3 is 2.23 bits per heavy atom. The van der Waals surface area contributed by atoms with Gasteiger partial charge in [0.2, 0.25) is 0 Å². The maximum Gasteiger partial charge on any atom is 0.255 e. The molecular formula is C18H20N2O2. The Kier molecular flexibility index (Phi) is 5.31. The van der Waals surface area contributed by atoms with Crippen LogP contribution in [0.1, 0.15) is 40.1 Å². The number of para-hydroxylation sites is 1. The molecule has 0 fully saturated rings. The fraction of sp³-hybridized carbons (Fsp3) is 0.222. The lowest BCUT2D eigenvalue weighted by Gasteiger charge is -2.11. The van der Waals surface area contributed by atoms with Crippen molar-refractivity contribution in [1.29, 1.82) is 0 Å². The number of hydrogen-bond acceptors (Lipinski definition) is 2. The molecule has 0 atom stereocenters. The van der Waals surface area contributed by atoms with E-state index in [2.05, 4.69) is 17.6 Å². The predicted molar refractivity (Wildman–Crippen MR) is 88.2 cm³/mol. The molecule has 4 heteroatoms. The molecule has 114 valence electrons. The maximum atomic E-state index is 12.3. The summed E-state index contributed by atoms with van der Waals surface area (Å²) >= 11 is 0. The minimum absolute atomic E-state index is 0.195.